The maximum absolute atomic E-state index is 12.3. The molecule has 1 atom stereocenters. The molecule has 3 rings (SSSR count). The van der Waals surface area contributed by atoms with Crippen LogP contribution in [0.3, 0.4) is 0 Å². The minimum absolute atomic E-state index is 0.0905. The largest absolute Gasteiger partial charge is 0.492 e. The number of hydrogen-bond donors (Lipinski definition) is 2. The molecule has 0 saturated heterocycles. The highest BCUT2D eigenvalue weighted by Gasteiger charge is 2.29. The molecule has 0 saturated carbocycles. The maximum Gasteiger partial charge on any atom is 0.335 e. The fourth-order valence-corrected chi connectivity index (χ4v) is 2.46. The molecule has 2 aromatic carbocycles. The Hall–Kier alpha value is -2.82. The van der Waals surface area contributed by atoms with E-state index < -0.39 is 5.97 Å². The Kier molecular flexibility index (Phi) is 3.78. The summed E-state index contributed by atoms with van der Waals surface area (Å²) in [6, 6.07) is 14.0. The highest BCUT2D eigenvalue weighted by atomic mass is 16.5. The van der Waals surface area contributed by atoms with Gasteiger partial charge in [0.05, 0.1) is 5.56 Å². The van der Waals surface area contributed by atoms with Crippen LogP contribution in [0.4, 0.5) is 0 Å². The summed E-state index contributed by atoms with van der Waals surface area (Å²) in [5.74, 6) is -0.592. The first kappa shape index (κ1) is 14.1. The average Bonchev–Trinajstić information content (AvgIpc) is 2.97. The number of rotatable bonds is 4. The number of ether oxygens (including phenoxy) is 1. The third kappa shape index (κ3) is 2.79. The standard InChI is InChI=1S/C17H15NO4/c19-16(14-10-22-15-4-2-1-3-13(14)15)18-9-11-5-7-12(8-6-11)17(20)21/h1-8,14H,9-10H2,(H,18,19)(H,20,21)/t14-/m0/s1. The van der Waals surface area contributed by atoms with Crippen molar-refractivity contribution in [1.29, 1.82) is 0 Å². The molecule has 1 heterocycles. The van der Waals surface area contributed by atoms with Crippen LogP contribution in [0.25, 0.3) is 0 Å². The maximum atomic E-state index is 12.3. The summed E-state index contributed by atoms with van der Waals surface area (Å²) in [6.45, 7) is 0.709. The van der Waals surface area contributed by atoms with Crippen LogP contribution in [0.5, 0.6) is 5.75 Å². The van der Waals surface area contributed by atoms with Gasteiger partial charge in [-0.05, 0) is 23.8 Å². The Morgan fingerprint density at radius 3 is 2.59 bits per heavy atom. The lowest BCUT2D eigenvalue weighted by atomic mass is 10.0. The van der Waals surface area contributed by atoms with Gasteiger partial charge in [0, 0.05) is 12.1 Å². The van der Waals surface area contributed by atoms with Gasteiger partial charge < -0.3 is 15.2 Å². The summed E-state index contributed by atoms with van der Waals surface area (Å²) in [4.78, 5) is 23.1. The van der Waals surface area contributed by atoms with E-state index in [1.54, 1.807) is 12.1 Å². The summed E-state index contributed by atoms with van der Waals surface area (Å²) in [5, 5.41) is 11.7. The first-order valence-electron chi connectivity index (χ1n) is 6.97. The van der Waals surface area contributed by atoms with Crippen LogP contribution in [-0.2, 0) is 11.3 Å². The molecule has 0 bridgehead atoms. The minimum Gasteiger partial charge on any atom is -0.492 e. The van der Waals surface area contributed by atoms with Crippen LogP contribution in [0.15, 0.2) is 48.5 Å². The van der Waals surface area contributed by atoms with Gasteiger partial charge in [0.1, 0.15) is 18.3 Å². The van der Waals surface area contributed by atoms with Crippen LogP contribution in [0.1, 0.15) is 27.4 Å². The van der Waals surface area contributed by atoms with Crippen molar-refractivity contribution in [3.8, 4) is 5.75 Å². The van der Waals surface area contributed by atoms with Crippen molar-refractivity contribution in [3.63, 3.8) is 0 Å². The Balaban J connectivity index is 1.62. The molecule has 0 fully saturated rings. The minimum atomic E-state index is -0.963. The number of carbonyl (C=O) groups excluding carboxylic acids is 1. The highest BCUT2D eigenvalue weighted by molar-refractivity contribution is 5.87. The highest BCUT2D eigenvalue weighted by Crippen LogP contribution is 2.33. The van der Waals surface area contributed by atoms with E-state index in [0.29, 0.717) is 13.2 Å². The molecule has 0 radical (unpaired) electrons. The predicted molar refractivity (Wildman–Crippen MR) is 79.9 cm³/mol. The summed E-state index contributed by atoms with van der Waals surface area (Å²) in [7, 11) is 0. The smallest absolute Gasteiger partial charge is 0.335 e. The molecule has 0 unspecified atom stereocenters. The molecule has 2 aromatic rings. The van der Waals surface area contributed by atoms with Crippen LogP contribution in [0, 0.1) is 0 Å². The number of carboxylic acids is 1. The number of carbonyl (C=O) groups is 2. The van der Waals surface area contributed by atoms with E-state index in [2.05, 4.69) is 5.32 Å². The third-order valence-corrected chi connectivity index (χ3v) is 3.68. The molecule has 1 amide bonds. The SMILES string of the molecule is O=C(O)c1ccc(CNC(=O)[C@H]2COc3ccccc32)cc1. The second kappa shape index (κ2) is 5.89. The second-order valence-corrected chi connectivity index (χ2v) is 5.12. The number of nitrogens with one attached hydrogen (secondary N) is 1. The van der Waals surface area contributed by atoms with Crippen molar-refractivity contribution in [1.82, 2.24) is 5.32 Å². The van der Waals surface area contributed by atoms with Gasteiger partial charge in [-0.1, -0.05) is 30.3 Å². The number of amides is 1. The molecule has 0 aromatic heterocycles. The second-order valence-electron chi connectivity index (χ2n) is 5.12. The topological polar surface area (TPSA) is 75.6 Å². The van der Waals surface area contributed by atoms with E-state index in [-0.39, 0.29) is 17.4 Å². The first-order valence-corrected chi connectivity index (χ1v) is 6.97. The van der Waals surface area contributed by atoms with Gasteiger partial charge >= 0.3 is 5.97 Å². The summed E-state index contributed by atoms with van der Waals surface area (Å²) >= 11 is 0. The van der Waals surface area contributed by atoms with E-state index in [9.17, 15) is 9.59 Å². The number of benzene rings is 2. The van der Waals surface area contributed by atoms with E-state index in [1.165, 1.54) is 12.1 Å². The van der Waals surface area contributed by atoms with Crippen molar-refractivity contribution in [2.45, 2.75) is 12.5 Å². The van der Waals surface area contributed by atoms with E-state index in [4.69, 9.17) is 9.84 Å². The van der Waals surface area contributed by atoms with Gasteiger partial charge in [-0.3, -0.25) is 4.79 Å². The fourth-order valence-electron chi connectivity index (χ4n) is 2.46. The van der Waals surface area contributed by atoms with Crippen LogP contribution < -0.4 is 10.1 Å². The number of hydrogen-bond acceptors (Lipinski definition) is 3. The Bertz CT molecular complexity index is 709. The van der Waals surface area contributed by atoms with Gasteiger partial charge in [0.2, 0.25) is 5.91 Å². The lowest BCUT2D eigenvalue weighted by Gasteiger charge is -2.10. The van der Waals surface area contributed by atoms with Crippen molar-refractivity contribution >= 4 is 11.9 Å². The monoisotopic (exact) mass is 297 g/mol. The first-order chi connectivity index (χ1) is 10.6. The molecule has 1 aliphatic rings. The van der Waals surface area contributed by atoms with Gasteiger partial charge in [0.25, 0.3) is 0 Å². The molecule has 0 spiro atoms. The lowest BCUT2D eigenvalue weighted by Crippen LogP contribution is -2.29. The fraction of sp³-hybridized carbons (Fsp3) is 0.176. The number of carboxylic acid groups (broad SMARTS) is 1. The Labute approximate surface area is 127 Å². The number of fused-ring (bicyclic) bond motifs is 1. The van der Waals surface area contributed by atoms with Crippen LogP contribution >= 0.6 is 0 Å². The Morgan fingerprint density at radius 2 is 1.86 bits per heavy atom. The van der Waals surface area contributed by atoms with Gasteiger partial charge in [0.15, 0.2) is 0 Å². The summed E-state index contributed by atoms with van der Waals surface area (Å²) in [5.41, 5.74) is 1.99. The quantitative estimate of drug-likeness (QED) is 0.907. The number of aromatic carboxylic acids is 1. The normalized spacial score (nSPS) is 15.7. The predicted octanol–water partition coefficient (Wildman–Crippen LogP) is 2.18. The molecule has 5 heteroatoms. The Morgan fingerprint density at radius 1 is 1.14 bits per heavy atom. The van der Waals surface area contributed by atoms with Crippen molar-refractivity contribution in [2.24, 2.45) is 0 Å². The van der Waals surface area contributed by atoms with Crippen molar-refractivity contribution in [3.05, 3.63) is 65.2 Å². The molecule has 22 heavy (non-hydrogen) atoms. The molecule has 1 aliphatic heterocycles. The molecular weight excluding hydrogens is 282 g/mol. The molecule has 0 aliphatic carbocycles. The summed E-state index contributed by atoms with van der Waals surface area (Å²) < 4.78 is 5.50. The zero-order chi connectivity index (χ0) is 15.5. The molecule has 5 nitrogen and oxygen atoms in total. The van der Waals surface area contributed by atoms with E-state index in [0.717, 1.165) is 16.9 Å². The van der Waals surface area contributed by atoms with Crippen LogP contribution in [0.2, 0.25) is 0 Å². The number of para-hydroxylation sites is 1. The summed E-state index contributed by atoms with van der Waals surface area (Å²) in [6.07, 6.45) is 0. The molecule has 2 N–H and O–H groups in total. The zero-order valence-corrected chi connectivity index (χ0v) is 11.8. The van der Waals surface area contributed by atoms with Crippen molar-refractivity contribution in [2.75, 3.05) is 6.61 Å². The van der Waals surface area contributed by atoms with Gasteiger partial charge in [-0.2, -0.15) is 0 Å². The van der Waals surface area contributed by atoms with E-state index in [1.807, 2.05) is 24.3 Å². The van der Waals surface area contributed by atoms with Crippen molar-refractivity contribution < 1.29 is 19.4 Å². The van der Waals surface area contributed by atoms with Crippen LogP contribution in [-0.4, -0.2) is 23.6 Å². The van der Waals surface area contributed by atoms with Gasteiger partial charge in [-0.15, -0.1) is 0 Å². The van der Waals surface area contributed by atoms with Gasteiger partial charge in [-0.25, -0.2) is 4.79 Å². The van der Waals surface area contributed by atoms with E-state index >= 15 is 0 Å². The zero-order valence-electron chi connectivity index (χ0n) is 11.8. The average molecular weight is 297 g/mol. The lowest BCUT2D eigenvalue weighted by molar-refractivity contribution is -0.122. The third-order valence-electron chi connectivity index (χ3n) is 3.68. The molecule has 112 valence electrons. The molecular formula is C17H15NO4.